The number of para-hydroxylation sites is 3. The van der Waals surface area contributed by atoms with Crippen LogP contribution < -0.4 is 36.8 Å². The van der Waals surface area contributed by atoms with Crippen molar-refractivity contribution in [3.8, 4) is 16.8 Å². The summed E-state index contributed by atoms with van der Waals surface area (Å²) in [5.41, 5.74) is 26.2. The van der Waals surface area contributed by atoms with Crippen LogP contribution in [0.25, 0.3) is 61.7 Å². The van der Waals surface area contributed by atoms with Crippen LogP contribution in [-0.2, 0) is 16.2 Å². The van der Waals surface area contributed by atoms with Gasteiger partial charge in [0.15, 0.2) is 0 Å². The molecule has 388 valence electrons. The highest BCUT2D eigenvalue weighted by atomic mass is 16.3. The number of rotatable bonds is 6. The number of hydrogen-bond donors (Lipinski definition) is 0. The zero-order valence-corrected chi connectivity index (χ0v) is 47.6. The Balaban J connectivity index is 1.20. The summed E-state index contributed by atoms with van der Waals surface area (Å²) >= 11 is 0. The highest BCUT2D eigenvalue weighted by molar-refractivity contribution is 7.00. The average Bonchev–Trinajstić information content (AvgIpc) is 2.81. The Bertz CT molecular complexity index is 4420. The molecule has 2 aliphatic heterocycles. The first-order chi connectivity index (χ1) is 37.8. The van der Waals surface area contributed by atoms with E-state index in [4.69, 9.17) is 4.42 Å². The van der Waals surface area contributed by atoms with Crippen molar-refractivity contribution in [2.24, 2.45) is 0 Å². The lowest BCUT2D eigenvalue weighted by Gasteiger charge is -2.46. The van der Waals surface area contributed by atoms with Gasteiger partial charge in [-0.3, -0.25) is 0 Å². The third-order valence-electron chi connectivity index (χ3n) is 17.0. The molecule has 2 aliphatic rings. The van der Waals surface area contributed by atoms with Gasteiger partial charge in [0.05, 0.1) is 22.4 Å². The van der Waals surface area contributed by atoms with E-state index in [1.54, 1.807) is 0 Å². The summed E-state index contributed by atoms with van der Waals surface area (Å²) in [6.45, 7) is 34.6. The van der Waals surface area contributed by atoms with E-state index >= 15 is 0 Å². The topological polar surface area (TPSA) is 24.6 Å². The lowest BCUT2D eigenvalue weighted by Crippen LogP contribution is -2.61. The molecule has 4 heterocycles. The minimum atomic E-state index is -0.211. The molecule has 0 aliphatic carbocycles. The van der Waals surface area contributed by atoms with Gasteiger partial charge >= 0.3 is 0 Å². The van der Waals surface area contributed by atoms with E-state index in [1.807, 2.05) is 24.3 Å². The lowest BCUT2D eigenvalue weighted by atomic mass is 9.33. The molecule has 0 saturated carbocycles. The average molecular weight is 1030 g/mol. The van der Waals surface area contributed by atoms with Gasteiger partial charge in [-0.1, -0.05) is 203 Å². The molecule has 0 amide bonds. The van der Waals surface area contributed by atoms with Crippen LogP contribution in [0.1, 0.15) is 95.7 Å². The Hall–Kier alpha value is -8.54. The van der Waals surface area contributed by atoms with Gasteiger partial charge in [0.1, 0.15) is 11.0 Å². The van der Waals surface area contributed by atoms with Crippen molar-refractivity contribution in [2.45, 2.75) is 92.4 Å². The molecule has 4 nitrogen and oxygen atoms in total. The number of hydrogen-bond acceptors (Lipinski definition) is 3. The Labute approximate surface area is 466 Å². The van der Waals surface area contributed by atoms with E-state index in [1.165, 1.54) is 83.2 Å². The number of aromatic nitrogens is 1. The zero-order valence-electron chi connectivity index (χ0n) is 47.6. The summed E-state index contributed by atoms with van der Waals surface area (Å²) in [6, 6.07) is 68.2. The third-order valence-corrected chi connectivity index (χ3v) is 17.0. The van der Waals surface area contributed by atoms with Crippen LogP contribution in [-0.4, -0.2) is 11.3 Å². The molecule has 9 aromatic carbocycles. The molecule has 0 radical (unpaired) electrons. The molecule has 0 unspecified atom stereocenters. The van der Waals surface area contributed by atoms with Crippen molar-refractivity contribution in [2.75, 3.05) is 9.80 Å². The number of allylic oxidation sites excluding steroid dienone is 1. The standard InChI is InChI=1S/C74H68BN3O/c1-14-54(71-47(4)55-29-22-24-32-68(55)79-71)49-33-35-62(57(39-49)48-25-17-15-18-26-48)77-65-44-64-58(56-30-21-23-31-61(56)76(64)53-27-19-16-20-28-53)43-60(65)75-59-40-50(72(5,6)7)34-36-63(59)78(67-42-52(74(11,12)13)41-66(77)69(67)75)70-45(2)37-51(38-46(70)3)73(8,9)10/h14-44H,1,4H2,2-3,5-13H3/b71-54-. The van der Waals surface area contributed by atoms with Crippen LogP contribution in [0.2, 0.25) is 0 Å². The summed E-state index contributed by atoms with van der Waals surface area (Å²) < 4.78 is 9.11. The molecule has 11 aromatic rings. The SMILES string of the molecule is C=C/C(c1ccc(N2c3cc4c(cc3B3c5cc(C(C)(C)C)ccc5N(c5c(C)cc(C(C)(C)C)cc5C)c5cc(C(C)(C)C)cc2c53)c2ccccc2n4-c2ccccc2)c(-c2ccccc2)c1)=c1/oc2ccccc2c1=C. The van der Waals surface area contributed by atoms with Crippen molar-refractivity contribution in [1.29, 1.82) is 0 Å². The van der Waals surface area contributed by atoms with E-state index in [-0.39, 0.29) is 23.0 Å². The first-order valence-electron chi connectivity index (χ1n) is 28.0. The van der Waals surface area contributed by atoms with Crippen molar-refractivity contribution < 1.29 is 4.42 Å². The van der Waals surface area contributed by atoms with Gasteiger partial charge in [-0.05, 0) is 146 Å². The Morgan fingerprint density at radius 1 is 0.494 bits per heavy atom. The molecular weight excluding hydrogens is 958 g/mol. The van der Waals surface area contributed by atoms with Crippen LogP contribution in [0.5, 0.6) is 0 Å². The molecule has 79 heavy (non-hydrogen) atoms. The van der Waals surface area contributed by atoms with E-state index < -0.39 is 0 Å². The molecule has 2 aromatic heterocycles. The molecule has 0 spiro atoms. The van der Waals surface area contributed by atoms with Gasteiger partial charge in [0.2, 0.25) is 0 Å². The van der Waals surface area contributed by atoms with Crippen molar-refractivity contribution in [3.05, 3.63) is 239 Å². The zero-order chi connectivity index (χ0) is 55.0. The fraction of sp³-hybridized carbons (Fsp3) is 0.189. The predicted molar refractivity (Wildman–Crippen MR) is 340 cm³/mol. The van der Waals surface area contributed by atoms with E-state index in [9.17, 15) is 0 Å². The van der Waals surface area contributed by atoms with Gasteiger partial charge in [-0.2, -0.15) is 0 Å². The molecule has 0 saturated heterocycles. The number of nitrogens with zero attached hydrogens (tertiary/aromatic N) is 3. The minimum Gasteiger partial charge on any atom is -0.455 e. The molecule has 0 fully saturated rings. The second-order valence-electron chi connectivity index (χ2n) is 25.3. The van der Waals surface area contributed by atoms with Crippen LogP contribution >= 0.6 is 0 Å². The predicted octanol–water partition coefficient (Wildman–Crippen LogP) is 16.6. The first-order valence-corrected chi connectivity index (χ1v) is 28.0. The molecule has 0 atom stereocenters. The molecule has 13 rings (SSSR count). The maximum Gasteiger partial charge on any atom is 0.252 e. The molecular formula is C74H68BN3O. The van der Waals surface area contributed by atoms with Crippen LogP contribution in [0.15, 0.2) is 199 Å². The largest absolute Gasteiger partial charge is 0.455 e. The Morgan fingerprint density at radius 2 is 1.08 bits per heavy atom. The smallest absolute Gasteiger partial charge is 0.252 e. The van der Waals surface area contributed by atoms with Gasteiger partial charge in [-0.25, -0.2) is 0 Å². The summed E-state index contributed by atoms with van der Waals surface area (Å²) in [5, 5.41) is 4.31. The monoisotopic (exact) mass is 1030 g/mol. The normalized spacial score (nSPS) is 13.7. The van der Waals surface area contributed by atoms with Crippen molar-refractivity contribution in [1.82, 2.24) is 4.57 Å². The molecule has 0 N–H and O–H groups in total. The fourth-order valence-corrected chi connectivity index (χ4v) is 12.9. The van der Waals surface area contributed by atoms with E-state index in [2.05, 4.69) is 267 Å². The maximum atomic E-state index is 6.65. The minimum absolute atomic E-state index is 0.0109. The summed E-state index contributed by atoms with van der Waals surface area (Å²) in [5.74, 6) is 0. The van der Waals surface area contributed by atoms with Gasteiger partial charge in [0.25, 0.3) is 6.71 Å². The lowest BCUT2D eigenvalue weighted by molar-refractivity contribution is 0.573. The first kappa shape index (κ1) is 50.0. The van der Waals surface area contributed by atoms with Gasteiger partial charge in [-0.15, -0.1) is 0 Å². The van der Waals surface area contributed by atoms with Crippen LogP contribution in [0.4, 0.5) is 34.1 Å². The molecule has 0 bridgehead atoms. The third kappa shape index (κ3) is 7.95. The van der Waals surface area contributed by atoms with E-state index in [0.717, 1.165) is 66.4 Å². The molecule has 5 heteroatoms. The van der Waals surface area contributed by atoms with Crippen molar-refractivity contribution in [3.63, 3.8) is 0 Å². The quantitative estimate of drug-likeness (QED) is 0.155. The fourth-order valence-electron chi connectivity index (χ4n) is 12.9. The summed E-state index contributed by atoms with van der Waals surface area (Å²) in [7, 11) is 0. The van der Waals surface area contributed by atoms with E-state index in [0.29, 0.717) is 0 Å². The number of furan rings is 1. The highest BCUT2D eigenvalue weighted by Crippen LogP contribution is 2.51. The van der Waals surface area contributed by atoms with Gasteiger partial charge < -0.3 is 18.8 Å². The summed E-state index contributed by atoms with van der Waals surface area (Å²) in [4.78, 5) is 5.27. The summed E-state index contributed by atoms with van der Waals surface area (Å²) in [6.07, 6.45) is 1.93. The number of aryl methyl sites for hydroxylation is 2. The Kier molecular flexibility index (Phi) is 11.4. The second-order valence-corrected chi connectivity index (χ2v) is 25.3. The Morgan fingerprint density at radius 3 is 1.73 bits per heavy atom. The second kappa shape index (κ2) is 18.0. The number of fused-ring (bicyclic) bond motifs is 8. The number of anilines is 6. The highest BCUT2D eigenvalue weighted by Gasteiger charge is 2.46. The van der Waals surface area contributed by atoms with Gasteiger partial charge in [0, 0.05) is 61.0 Å². The van der Waals surface area contributed by atoms with Crippen molar-refractivity contribution >= 4 is 102 Å². The van der Waals surface area contributed by atoms with Crippen LogP contribution in [0, 0.1) is 13.8 Å². The maximum absolute atomic E-state index is 6.65. The number of benzene rings is 9. The van der Waals surface area contributed by atoms with Crippen LogP contribution in [0.3, 0.4) is 0 Å².